The Kier molecular flexibility index (Phi) is 3.32. The van der Waals surface area contributed by atoms with Crippen molar-refractivity contribution in [2.45, 2.75) is 26.5 Å². The molecule has 0 unspecified atom stereocenters. The van der Waals surface area contributed by atoms with Gasteiger partial charge in [-0.3, -0.25) is 4.79 Å². The number of hydrogen-bond acceptors (Lipinski definition) is 5. The van der Waals surface area contributed by atoms with Gasteiger partial charge in [0.05, 0.1) is 6.54 Å². The van der Waals surface area contributed by atoms with Crippen molar-refractivity contribution in [3.05, 3.63) is 10.0 Å². The van der Waals surface area contributed by atoms with Gasteiger partial charge in [-0.05, 0) is 13.8 Å². The lowest BCUT2D eigenvalue weighted by molar-refractivity contribution is -0.128. The molecule has 0 aliphatic heterocycles. The van der Waals surface area contributed by atoms with Gasteiger partial charge >= 0.3 is 0 Å². The van der Waals surface area contributed by atoms with Gasteiger partial charge in [-0.1, -0.05) is 11.3 Å². The molecule has 0 aliphatic rings. The Labute approximate surface area is 79.8 Å². The molecule has 5 nitrogen and oxygen atoms in total. The summed E-state index contributed by atoms with van der Waals surface area (Å²) < 4.78 is 0. The van der Waals surface area contributed by atoms with Crippen molar-refractivity contribution in [1.29, 1.82) is 0 Å². The van der Waals surface area contributed by atoms with Gasteiger partial charge in [-0.25, -0.2) is 0 Å². The summed E-state index contributed by atoms with van der Waals surface area (Å²) in [7, 11) is 0. The molecule has 1 aromatic rings. The largest absolute Gasteiger partial charge is 0.384 e. The lowest BCUT2D eigenvalue weighted by atomic mass is 10.4. The smallest absolute Gasteiger partial charge is 0.248 e. The first-order valence-electron chi connectivity index (χ1n) is 3.84. The number of rotatable bonds is 3. The number of aliphatic hydroxyl groups excluding tert-OH is 1. The van der Waals surface area contributed by atoms with E-state index in [0.717, 1.165) is 10.0 Å². The Morgan fingerprint density at radius 2 is 2.38 bits per heavy atom. The number of nitrogens with one attached hydrogen (secondary N) is 1. The lowest BCUT2D eigenvalue weighted by Crippen LogP contribution is -2.31. The molecular weight excluding hydrogens is 190 g/mol. The summed E-state index contributed by atoms with van der Waals surface area (Å²) in [5.74, 6) is -0.396. The molecule has 0 spiro atoms. The molecular formula is C7H11N3O2S. The summed E-state index contributed by atoms with van der Waals surface area (Å²) in [5.41, 5.74) is 0. The first-order valence-corrected chi connectivity index (χ1v) is 4.66. The van der Waals surface area contributed by atoms with Crippen LogP contribution in [0.25, 0.3) is 0 Å². The van der Waals surface area contributed by atoms with Gasteiger partial charge < -0.3 is 10.4 Å². The Morgan fingerprint density at radius 3 is 2.85 bits per heavy atom. The zero-order chi connectivity index (χ0) is 9.84. The topological polar surface area (TPSA) is 75.1 Å². The molecule has 13 heavy (non-hydrogen) atoms. The monoisotopic (exact) mass is 201 g/mol. The van der Waals surface area contributed by atoms with E-state index >= 15 is 0 Å². The lowest BCUT2D eigenvalue weighted by Gasteiger charge is -2.03. The molecule has 0 fully saturated rings. The van der Waals surface area contributed by atoms with Gasteiger partial charge in [0, 0.05) is 0 Å². The number of aryl methyl sites for hydroxylation is 1. The summed E-state index contributed by atoms with van der Waals surface area (Å²) in [6.45, 7) is 3.59. The fraction of sp³-hybridized carbons (Fsp3) is 0.571. The summed E-state index contributed by atoms with van der Waals surface area (Å²) in [4.78, 5) is 10.9. The second kappa shape index (κ2) is 4.29. The number of aromatic nitrogens is 2. The minimum absolute atomic E-state index is 0.329. The van der Waals surface area contributed by atoms with Crippen LogP contribution in [0, 0.1) is 6.92 Å². The van der Waals surface area contributed by atoms with Crippen LogP contribution in [0.3, 0.4) is 0 Å². The summed E-state index contributed by atoms with van der Waals surface area (Å²) in [6, 6.07) is 0. The van der Waals surface area contributed by atoms with E-state index in [0.29, 0.717) is 6.54 Å². The first kappa shape index (κ1) is 10.1. The number of nitrogens with zero attached hydrogens (tertiary/aromatic N) is 2. The van der Waals surface area contributed by atoms with Gasteiger partial charge in [-0.2, -0.15) is 0 Å². The normalized spacial score (nSPS) is 12.5. The predicted molar refractivity (Wildman–Crippen MR) is 48.2 cm³/mol. The number of hydrogen-bond donors (Lipinski definition) is 2. The van der Waals surface area contributed by atoms with Crippen molar-refractivity contribution in [2.24, 2.45) is 0 Å². The van der Waals surface area contributed by atoms with Crippen LogP contribution in [0.5, 0.6) is 0 Å². The van der Waals surface area contributed by atoms with E-state index in [2.05, 4.69) is 15.5 Å². The van der Waals surface area contributed by atoms with Crippen molar-refractivity contribution in [1.82, 2.24) is 15.5 Å². The van der Waals surface area contributed by atoms with Crippen molar-refractivity contribution in [3.63, 3.8) is 0 Å². The molecule has 0 aliphatic carbocycles. The Morgan fingerprint density at radius 1 is 1.69 bits per heavy atom. The van der Waals surface area contributed by atoms with Crippen LogP contribution in [0.4, 0.5) is 0 Å². The molecule has 72 valence electrons. The minimum Gasteiger partial charge on any atom is -0.384 e. The van der Waals surface area contributed by atoms with E-state index in [1.807, 2.05) is 6.92 Å². The standard InChI is InChI=1S/C7H11N3O2S/c1-4(11)7(12)8-3-6-10-9-5(2)13-6/h4,11H,3H2,1-2H3,(H,8,12)/t4-/m1/s1. The highest BCUT2D eigenvalue weighted by Gasteiger charge is 2.08. The Hall–Kier alpha value is -1.01. The highest BCUT2D eigenvalue weighted by Crippen LogP contribution is 2.06. The van der Waals surface area contributed by atoms with Gasteiger partial charge in [0.1, 0.15) is 16.1 Å². The molecule has 1 amide bonds. The minimum atomic E-state index is -0.978. The second-order valence-corrected chi connectivity index (χ2v) is 3.87. The summed E-state index contributed by atoms with van der Waals surface area (Å²) >= 11 is 1.42. The van der Waals surface area contributed by atoms with E-state index in [4.69, 9.17) is 5.11 Å². The molecule has 1 aromatic heterocycles. The molecule has 0 saturated heterocycles. The van der Waals surface area contributed by atoms with Crippen LogP contribution >= 0.6 is 11.3 Å². The molecule has 0 aromatic carbocycles. The average molecular weight is 201 g/mol. The predicted octanol–water partition coefficient (Wildman–Crippen LogP) is -0.156. The SMILES string of the molecule is Cc1nnc(CNC(=O)[C@@H](C)O)s1. The van der Waals surface area contributed by atoms with Crippen molar-refractivity contribution in [3.8, 4) is 0 Å². The average Bonchev–Trinajstić information content (AvgIpc) is 2.47. The molecule has 0 radical (unpaired) electrons. The molecule has 0 saturated carbocycles. The fourth-order valence-corrected chi connectivity index (χ4v) is 1.37. The zero-order valence-corrected chi connectivity index (χ0v) is 8.26. The molecule has 1 rings (SSSR count). The van der Waals surface area contributed by atoms with Gasteiger partial charge in [0.25, 0.3) is 0 Å². The van der Waals surface area contributed by atoms with Gasteiger partial charge in [0.2, 0.25) is 5.91 Å². The molecule has 2 N–H and O–H groups in total. The maximum Gasteiger partial charge on any atom is 0.248 e. The molecule has 6 heteroatoms. The second-order valence-electron chi connectivity index (χ2n) is 2.61. The van der Waals surface area contributed by atoms with E-state index in [1.54, 1.807) is 0 Å². The number of aliphatic hydroxyl groups is 1. The Bertz CT molecular complexity index is 298. The molecule has 1 heterocycles. The van der Waals surface area contributed by atoms with Crippen molar-refractivity contribution < 1.29 is 9.90 Å². The van der Waals surface area contributed by atoms with E-state index < -0.39 is 12.0 Å². The van der Waals surface area contributed by atoms with E-state index in [9.17, 15) is 4.79 Å². The number of carbonyl (C=O) groups is 1. The third kappa shape index (κ3) is 3.08. The van der Waals surface area contributed by atoms with Gasteiger partial charge in [-0.15, -0.1) is 10.2 Å². The maximum atomic E-state index is 10.9. The number of carbonyl (C=O) groups excluding carboxylic acids is 1. The van der Waals surface area contributed by atoms with Crippen LogP contribution in [-0.2, 0) is 11.3 Å². The van der Waals surface area contributed by atoms with E-state index in [1.165, 1.54) is 18.3 Å². The molecule has 1 atom stereocenters. The number of amides is 1. The third-order valence-corrected chi connectivity index (χ3v) is 2.20. The molecule has 0 bridgehead atoms. The fourth-order valence-electron chi connectivity index (χ4n) is 0.719. The third-order valence-electron chi connectivity index (χ3n) is 1.36. The maximum absolute atomic E-state index is 10.9. The van der Waals surface area contributed by atoms with Crippen LogP contribution < -0.4 is 5.32 Å². The zero-order valence-electron chi connectivity index (χ0n) is 7.44. The van der Waals surface area contributed by atoms with Crippen LogP contribution in [0.15, 0.2) is 0 Å². The van der Waals surface area contributed by atoms with Crippen LogP contribution in [0.1, 0.15) is 16.9 Å². The summed E-state index contributed by atoms with van der Waals surface area (Å²) in [5, 5.41) is 20.6. The van der Waals surface area contributed by atoms with E-state index in [-0.39, 0.29) is 0 Å². The summed E-state index contributed by atoms with van der Waals surface area (Å²) in [6.07, 6.45) is -0.978. The Balaban J connectivity index is 2.39. The highest BCUT2D eigenvalue weighted by molar-refractivity contribution is 7.11. The van der Waals surface area contributed by atoms with Crippen molar-refractivity contribution in [2.75, 3.05) is 0 Å². The quantitative estimate of drug-likeness (QED) is 0.712. The van der Waals surface area contributed by atoms with Gasteiger partial charge in [0.15, 0.2) is 0 Å². The highest BCUT2D eigenvalue weighted by atomic mass is 32.1. The van der Waals surface area contributed by atoms with Crippen LogP contribution in [-0.4, -0.2) is 27.3 Å². The first-order chi connectivity index (χ1) is 6.09. The van der Waals surface area contributed by atoms with Crippen molar-refractivity contribution >= 4 is 17.2 Å². The van der Waals surface area contributed by atoms with Crippen LogP contribution in [0.2, 0.25) is 0 Å².